The molecule has 1 unspecified atom stereocenters. The van der Waals surface area contributed by atoms with E-state index in [-0.39, 0.29) is 6.03 Å². The van der Waals surface area contributed by atoms with Gasteiger partial charge < -0.3 is 20.0 Å². The lowest BCUT2D eigenvalue weighted by molar-refractivity contribution is 0.195. The molecule has 2 amide bonds. The topological polar surface area (TPSA) is 56.1 Å². The van der Waals surface area contributed by atoms with Crippen molar-refractivity contribution in [2.45, 2.75) is 39.2 Å². The van der Waals surface area contributed by atoms with Crippen LogP contribution in [0.2, 0.25) is 0 Å². The molecule has 34 heavy (non-hydrogen) atoms. The van der Waals surface area contributed by atoms with Gasteiger partial charge in [0.2, 0.25) is 0 Å². The summed E-state index contributed by atoms with van der Waals surface area (Å²) in [5.41, 5.74) is 6.13. The summed E-state index contributed by atoms with van der Waals surface area (Å²) in [6.07, 6.45) is 5.23. The lowest BCUT2D eigenvalue weighted by Gasteiger charge is -2.36. The smallest absolute Gasteiger partial charge is 0.317 e. The van der Waals surface area contributed by atoms with Crippen LogP contribution in [-0.2, 0) is 0 Å². The Bertz CT molecular complexity index is 1130. The quantitative estimate of drug-likeness (QED) is 0.624. The third-order valence-electron chi connectivity index (χ3n) is 7.39. The second kappa shape index (κ2) is 9.66. The molecule has 3 aromatic rings. The van der Waals surface area contributed by atoms with Gasteiger partial charge in [-0.1, -0.05) is 24.3 Å². The molecule has 0 bridgehead atoms. The monoisotopic (exact) mass is 460 g/mol. The van der Waals surface area contributed by atoms with Gasteiger partial charge in [-0.25, -0.2) is 9.31 Å². The molecule has 7 nitrogen and oxygen atoms in total. The van der Waals surface area contributed by atoms with Gasteiger partial charge in [-0.3, -0.25) is 0 Å². The Balaban J connectivity index is 1.32. The van der Waals surface area contributed by atoms with Crippen molar-refractivity contribution in [2.24, 2.45) is 0 Å². The summed E-state index contributed by atoms with van der Waals surface area (Å²) < 4.78 is 1.98. The second-order valence-corrected chi connectivity index (χ2v) is 9.78. The Morgan fingerprint density at radius 3 is 2.50 bits per heavy atom. The van der Waals surface area contributed by atoms with E-state index < -0.39 is 0 Å². The minimum Gasteiger partial charge on any atom is -0.366 e. The molecule has 2 aromatic heterocycles. The minimum atomic E-state index is 0.0324. The molecular formula is C27H36N6O. The molecular weight excluding hydrogens is 424 g/mol. The summed E-state index contributed by atoms with van der Waals surface area (Å²) in [6.45, 7) is 12.6. The Morgan fingerprint density at radius 1 is 1.06 bits per heavy atom. The number of hydrogen-bond donors (Lipinski definition) is 1. The van der Waals surface area contributed by atoms with E-state index in [9.17, 15) is 4.79 Å². The zero-order valence-electron chi connectivity index (χ0n) is 20.6. The van der Waals surface area contributed by atoms with Crippen LogP contribution in [0.5, 0.6) is 0 Å². The molecule has 1 aromatic carbocycles. The summed E-state index contributed by atoms with van der Waals surface area (Å²) >= 11 is 0. The van der Waals surface area contributed by atoms with Gasteiger partial charge in [0.15, 0.2) is 0 Å². The normalized spacial score (nSPS) is 19.4. The van der Waals surface area contributed by atoms with Gasteiger partial charge in [-0.2, -0.15) is 5.10 Å². The fourth-order valence-electron chi connectivity index (χ4n) is 5.31. The number of nitrogens with one attached hydrogen (secondary N) is 1. The Labute approximate surface area is 202 Å². The zero-order valence-corrected chi connectivity index (χ0v) is 20.6. The van der Waals surface area contributed by atoms with E-state index in [2.05, 4.69) is 76.7 Å². The lowest BCUT2D eigenvalue weighted by atomic mass is 9.96. The van der Waals surface area contributed by atoms with Gasteiger partial charge >= 0.3 is 6.03 Å². The fourth-order valence-corrected chi connectivity index (χ4v) is 5.31. The number of urea groups is 1. The molecule has 0 radical (unpaired) electrons. The third kappa shape index (κ3) is 4.49. The maximum absolute atomic E-state index is 12.1. The Hall–Kier alpha value is -3.06. The molecule has 0 spiro atoms. The van der Waals surface area contributed by atoms with Crippen molar-refractivity contribution >= 4 is 17.2 Å². The number of aromatic nitrogens is 2. The molecule has 2 aliphatic heterocycles. The first-order valence-electron chi connectivity index (χ1n) is 12.6. The maximum atomic E-state index is 12.1. The molecule has 5 rings (SSSR count). The van der Waals surface area contributed by atoms with Gasteiger partial charge in [-0.15, -0.1) is 0 Å². The van der Waals surface area contributed by atoms with Crippen LogP contribution in [0.4, 0.5) is 10.5 Å². The average molecular weight is 461 g/mol. The molecule has 2 saturated heterocycles. The molecule has 1 atom stereocenters. The van der Waals surface area contributed by atoms with Gasteiger partial charge in [-0.05, 0) is 62.9 Å². The first-order chi connectivity index (χ1) is 16.5. The predicted molar refractivity (Wildman–Crippen MR) is 138 cm³/mol. The van der Waals surface area contributed by atoms with Crippen molar-refractivity contribution < 1.29 is 4.79 Å². The van der Waals surface area contributed by atoms with Crippen LogP contribution in [-0.4, -0.2) is 77.3 Å². The molecule has 0 saturated carbocycles. The Kier molecular flexibility index (Phi) is 6.46. The van der Waals surface area contributed by atoms with Crippen LogP contribution in [0, 0.1) is 0 Å². The minimum absolute atomic E-state index is 0.0324. The SMILES string of the molecule is CCNC(=O)N1CCN(c2ccnn3cc(-c4ccc(C5CCN(C(C)C)C5)cc4)cc23)CC1. The number of fused-ring (bicyclic) bond motifs is 1. The first-order valence-corrected chi connectivity index (χ1v) is 12.6. The van der Waals surface area contributed by atoms with Gasteiger partial charge in [0.25, 0.3) is 0 Å². The summed E-state index contributed by atoms with van der Waals surface area (Å²) in [5.74, 6) is 0.635. The standard InChI is InChI=1S/C27H36N6O/c1-4-28-27(34)31-15-13-30(14-16-31)25-9-11-29-33-19-24(17-26(25)33)22-7-5-21(6-8-22)23-10-12-32(18-23)20(2)3/h5-9,11,17,19-20,23H,4,10,12-16,18H2,1-3H3,(H,28,34). The molecule has 1 N–H and O–H groups in total. The summed E-state index contributed by atoms with van der Waals surface area (Å²) in [7, 11) is 0. The van der Waals surface area contributed by atoms with Crippen LogP contribution >= 0.6 is 0 Å². The number of anilines is 1. The highest BCUT2D eigenvalue weighted by Crippen LogP contribution is 2.32. The number of likely N-dealkylation sites (tertiary alicyclic amines) is 1. The summed E-state index contributed by atoms with van der Waals surface area (Å²) in [5, 5.41) is 7.47. The number of rotatable bonds is 5. The predicted octanol–water partition coefficient (Wildman–Crippen LogP) is 4.05. The molecule has 180 valence electrons. The highest BCUT2D eigenvalue weighted by atomic mass is 16.2. The van der Waals surface area contributed by atoms with E-state index in [0.29, 0.717) is 18.5 Å². The van der Waals surface area contributed by atoms with Crippen molar-refractivity contribution in [2.75, 3.05) is 50.7 Å². The number of carbonyl (C=O) groups is 1. The fraction of sp³-hybridized carbons (Fsp3) is 0.481. The van der Waals surface area contributed by atoms with E-state index in [0.717, 1.165) is 38.2 Å². The largest absolute Gasteiger partial charge is 0.366 e. The number of piperazine rings is 1. The van der Waals surface area contributed by atoms with Crippen LogP contribution in [0.1, 0.15) is 38.7 Å². The van der Waals surface area contributed by atoms with Crippen LogP contribution in [0.25, 0.3) is 16.6 Å². The molecule has 4 heterocycles. The van der Waals surface area contributed by atoms with Crippen molar-refractivity contribution in [1.29, 1.82) is 0 Å². The van der Waals surface area contributed by atoms with E-state index in [1.807, 2.05) is 22.5 Å². The number of nitrogens with zero attached hydrogens (tertiary/aromatic N) is 5. The zero-order chi connectivity index (χ0) is 23.7. The molecule has 2 fully saturated rings. The number of carbonyl (C=O) groups excluding carboxylic acids is 1. The maximum Gasteiger partial charge on any atom is 0.317 e. The van der Waals surface area contributed by atoms with E-state index in [1.165, 1.54) is 35.3 Å². The molecule has 2 aliphatic rings. The van der Waals surface area contributed by atoms with Crippen molar-refractivity contribution in [1.82, 2.24) is 24.7 Å². The Morgan fingerprint density at radius 2 is 1.82 bits per heavy atom. The molecule has 7 heteroatoms. The average Bonchev–Trinajstić information content (AvgIpc) is 3.52. The number of hydrogen-bond acceptors (Lipinski definition) is 4. The number of benzene rings is 1. The van der Waals surface area contributed by atoms with Crippen molar-refractivity contribution in [3.8, 4) is 11.1 Å². The molecule has 0 aliphatic carbocycles. The van der Waals surface area contributed by atoms with Crippen molar-refractivity contribution in [3.63, 3.8) is 0 Å². The highest BCUT2D eigenvalue weighted by Gasteiger charge is 2.25. The highest BCUT2D eigenvalue weighted by molar-refractivity contribution is 5.80. The summed E-state index contributed by atoms with van der Waals surface area (Å²) in [4.78, 5) is 19.0. The number of amides is 2. The van der Waals surface area contributed by atoms with Crippen LogP contribution < -0.4 is 10.2 Å². The van der Waals surface area contributed by atoms with Gasteiger partial charge in [0, 0.05) is 63.3 Å². The third-order valence-corrected chi connectivity index (χ3v) is 7.39. The second-order valence-electron chi connectivity index (χ2n) is 9.78. The first kappa shape index (κ1) is 22.7. The van der Waals surface area contributed by atoms with E-state index >= 15 is 0 Å². The van der Waals surface area contributed by atoms with Crippen molar-refractivity contribution in [3.05, 3.63) is 54.4 Å². The van der Waals surface area contributed by atoms with Crippen LogP contribution in [0.3, 0.4) is 0 Å². The lowest BCUT2D eigenvalue weighted by Crippen LogP contribution is -2.51. The van der Waals surface area contributed by atoms with E-state index in [4.69, 9.17) is 0 Å². The van der Waals surface area contributed by atoms with Gasteiger partial charge in [0.1, 0.15) is 0 Å². The van der Waals surface area contributed by atoms with Crippen LogP contribution in [0.15, 0.2) is 48.8 Å². The van der Waals surface area contributed by atoms with E-state index in [1.54, 1.807) is 0 Å². The van der Waals surface area contributed by atoms with Gasteiger partial charge in [0.05, 0.1) is 11.2 Å². The summed E-state index contributed by atoms with van der Waals surface area (Å²) in [6, 6.07) is 14.1.